The molecule has 11 heteroatoms. The van der Waals surface area contributed by atoms with Gasteiger partial charge in [-0.15, -0.1) is 0 Å². The Balaban J connectivity index is 1.39. The van der Waals surface area contributed by atoms with Crippen molar-refractivity contribution in [2.45, 2.75) is 45.3 Å². The molecule has 0 spiro atoms. The van der Waals surface area contributed by atoms with Crippen LogP contribution in [0, 0.1) is 12.3 Å². The van der Waals surface area contributed by atoms with Crippen LogP contribution < -0.4 is 11.1 Å². The lowest BCUT2D eigenvalue weighted by Gasteiger charge is -2.27. The van der Waals surface area contributed by atoms with Crippen molar-refractivity contribution in [1.82, 2.24) is 19.7 Å². The Morgan fingerprint density at radius 1 is 1.29 bits per heavy atom. The normalized spacial score (nSPS) is 23.0. The molecule has 2 aliphatic rings. The van der Waals surface area contributed by atoms with Crippen LogP contribution in [-0.4, -0.2) is 49.5 Å². The molecule has 34 heavy (non-hydrogen) atoms. The van der Waals surface area contributed by atoms with E-state index in [2.05, 4.69) is 38.3 Å². The van der Waals surface area contributed by atoms with Crippen LogP contribution in [0.3, 0.4) is 0 Å². The molecule has 3 N–H and O–H groups in total. The highest BCUT2D eigenvalue weighted by Crippen LogP contribution is 2.59. The zero-order chi connectivity index (χ0) is 24.2. The number of nitrogens with zero attached hydrogens (tertiary/aromatic N) is 4. The third-order valence-electron chi connectivity index (χ3n) is 6.62. The number of anilines is 1. The van der Waals surface area contributed by atoms with Crippen LogP contribution >= 0.6 is 15.9 Å². The smallest absolute Gasteiger partial charge is 0.267 e. The van der Waals surface area contributed by atoms with Gasteiger partial charge in [-0.3, -0.25) is 14.4 Å². The minimum absolute atomic E-state index is 0.0375. The number of likely N-dealkylation sites (tertiary alicyclic amines) is 1. The fraction of sp³-hybridized carbons (Fsp3) is 0.348. The molecule has 176 valence electrons. The van der Waals surface area contributed by atoms with Gasteiger partial charge in [0.05, 0.1) is 6.26 Å². The number of primary amides is 1. The quantitative estimate of drug-likeness (QED) is 0.473. The number of pyridine rings is 1. The van der Waals surface area contributed by atoms with Crippen LogP contribution in [0.2, 0.25) is 0 Å². The first-order valence-electron chi connectivity index (χ1n) is 10.8. The maximum absolute atomic E-state index is 13.4. The van der Waals surface area contributed by atoms with Crippen LogP contribution in [0.15, 0.2) is 45.6 Å². The highest BCUT2D eigenvalue weighted by molar-refractivity contribution is 9.10. The van der Waals surface area contributed by atoms with Crippen LogP contribution in [0.4, 0.5) is 5.82 Å². The second kappa shape index (κ2) is 8.08. The molecule has 1 aliphatic heterocycles. The summed E-state index contributed by atoms with van der Waals surface area (Å²) >= 11 is 3.32. The number of piperidine rings is 1. The predicted molar refractivity (Wildman–Crippen MR) is 126 cm³/mol. The number of amides is 3. The standard InChI is InChI=1S/C23H23BrN6O4/c1-12-5-6-18(24)26-21(12)27-22(33)15-9-23(2)10-17(23)30(15)19(31)11-29-14(20(25)32)8-13(28-29)16-4-3-7-34-16/h3-8,15,17H,9-11H2,1-2H3,(H2,25,32)(H,26,27,33)/t15-,17+,23-/m0/s1. The van der Waals surface area contributed by atoms with Gasteiger partial charge in [0, 0.05) is 12.1 Å². The van der Waals surface area contributed by atoms with Crippen LogP contribution in [0.25, 0.3) is 11.5 Å². The van der Waals surface area contributed by atoms with Crippen molar-refractivity contribution in [3.63, 3.8) is 0 Å². The van der Waals surface area contributed by atoms with Crippen molar-refractivity contribution in [2.75, 3.05) is 5.32 Å². The lowest BCUT2D eigenvalue weighted by atomic mass is 10.0. The number of carbonyl (C=O) groups is 3. The van der Waals surface area contributed by atoms with Crippen molar-refractivity contribution in [3.8, 4) is 11.5 Å². The Labute approximate surface area is 203 Å². The summed E-state index contributed by atoms with van der Waals surface area (Å²) in [5, 5.41) is 7.23. The van der Waals surface area contributed by atoms with E-state index in [1.54, 1.807) is 23.1 Å². The average molecular weight is 527 g/mol. The van der Waals surface area contributed by atoms with Crippen LogP contribution in [0.5, 0.6) is 0 Å². The summed E-state index contributed by atoms with van der Waals surface area (Å²) in [5.41, 5.74) is 6.73. The number of nitrogens with one attached hydrogen (secondary N) is 1. The van der Waals surface area contributed by atoms with E-state index in [0.29, 0.717) is 28.3 Å². The maximum atomic E-state index is 13.4. The van der Waals surface area contributed by atoms with Crippen molar-refractivity contribution in [1.29, 1.82) is 0 Å². The molecule has 0 aromatic carbocycles. The van der Waals surface area contributed by atoms with Gasteiger partial charge < -0.3 is 20.4 Å². The van der Waals surface area contributed by atoms with Gasteiger partial charge in [-0.1, -0.05) is 13.0 Å². The Bertz CT molecular complexity index is 1300. The zero-order valence-corrected chi connectivity index (χ0v) is 20.2. The number of hydrogen-bond acceptors (Lipinski definition) is 6. The summed E-state index contributed by atoms with van der Waals surface area (Å²) in [6.07, 6.45) is 2.88. The first-order valence-corrected chi connectivity index (χ1v) is 11.6. The minimum atomic E-state index is -0.707. The fourth-order valence-corrected chi connectivity index (χ4v) is 4.99. The highest BCUT2D eigenvalue weighted by Gasteiger charge is 2.64. The molecule has 2 fully saturated rings. The van der Waals surface area contributed by atoms with E-state index in [-0.39, 0.29) is 35.5 Å². The van der Waals surface area contributed by atoms with Gasteiger partial charge >= 0.3 is 0 Å². The first kappa shape index (κ1) is 22.3. The molecule has 3 atom stereocenters. The number of hydrogen-bond donors (Lipinski definition) is 2. The largest absolute Gasteiger partial charge is 0.463 e. The lowest BCUT2D eigenvalue weighted by Crippen LogP contribution is -2.47. The van der Waals surface area contributed by atoms with Gasteiger partial charge in [-0.2, -0.15) is 5.10 Å². The molecule has 4 heterocycles. The molecule has 3 aromatic rings. The fourth-order valence-electron chi connectivity index (χ4n) is 4.68. The van der Waals surface area contributed by atoms with Gasteiger partial charge in [-0.05, 0) is 64.9 Å². The molecule has 3 amide bonds. The molecule has 1 saturated heterocycles. The summed E-state index contributed by atoms with van der Waals surface area (Å²) in [5.74, 6) is -0.395. The van der Waals surface area contributed by atoms with Crippen molar-refractivity contribution < 1.29 is 18.8 Å². The summed E-state index contributed by atoms with van der Waals surface area (Å²) < 4.78 is 7.22. The second-order valence-electron chi connectivity index (χ2n) is 9.10. The average Bonchev–Trinajstić information content (AvgIpc) is 3.22. The number of fused-ring (bicyclic) bond motifs is 1. The molecular weight excluding hydrogens is 504 g/mol. The van der Waals surface area contributed by atoms with Gasteiger partial charge in [-0.25, -0.2) is 9.67 Å². The minimum Gasteiger partial charge on any atom is -0.463 e. The van der Waals surface area contributed by atoms with Crippen LogP contribution in [0.1, 0.15) is 35.8 Å². The van der Waals surface area contributed by atoms with Gasteiger partial charge in [0.2, 0.25) is 11.8 Å². The summed E-state index contributed by atoms with van der Waals surface area (Å²) in [6, 6.07) is 7.86. The number of carbonyl (C=O) groups excluding carboxylic acids is 3. The number of rotatable bonds is 6. The number of nitrogens with two attached hydrogens (primary N) is 1. The van der Waals surface area contributed by atoms with E-state index in [9.17, 15) is 14.4 Å². The van der Waals surface area contributed by atoms with E-state index in [1.165, 1.54) is 17.0 Å². The van der Waals surface area contributed by atoms with Gasteiger partial charge in [0.15, 0.2) is 5.76 Å². The zero-order valence-electron chi connectivity index (χ0n) is 18.6. The number of furan rings is 1. The molecular formula is C23H23BrN6O4. The van der Waals surface area contributed by atoms with Crippen molar-refractivity contribution >= 4 is 39.5 Å². The van der Waals surface area contributed by atoms with E-state index in [0.717, 1.165) is 12.0 Å². The molecule has 3 aromatic heterocycles. The van der Waals surface area contributed by atoms with Gasteiger partial charge in [0.25, 0.3) is 5.91 Å². The molecule has 0 radical (unpaired) electrons. The Hall–Kier alpha value is -3.47. The third kappa shape index (κ3) is 3.89. The topological polar surface area (TPSA) is 136 Å². The predicted octanol–water partition coefficient (Wildman–Crippen LogP) is 2.73. The van der Waals surface area contributed by atoms with E-state index in [1.807, 2.05) is 13.0 Å². The first-order chi connectivity index (χ1) is 16.2. The summed E-state index contributed by atoms with van der Waals surface area (Å²) in [7, 11) is 0. The Kier molecular flexibility index (Phi) is 5.31. The van der Waals surface area contributed by atoms with Crippen molar-refractivity contribution in [2.24, 2.45) is 11.1 Å². The highest BCUT2D eigenvalue weighted by atomic mass is 79.9. The van der Waals surface area contributed by atoms with E-state index in [4.69, 9.17) is 10.2 Å². The summed E-state index contributed by atoms with van der Waals surface area (Å²) in [4.78, 5) is 44.6. The second-order valence-corrected chi connectivity index (χ2v) is 9.91. The Morgan fingerprint density at radius 3 is 2.79 bits per heavy atom. The summed E-state index contributed by atoms with van der Waals surface area (Å²) in [6.45, 7) is 3.71. The van der Waals surface area contributed by atoms with Crippen molar-refractivity contribution in [3.05, 3.63) is 52.5 Å². The lowest BCUT2D eigenvalue weighted by molar-refractivity contribution is -0.138. The number of aromatic nitrogens is 3. The molecule has 1 aliphatic carbocycles. The van der Waals surface area contributed by atoms with E-state index >= 15 is 0 Å². The van der Waals surface area contributed by atoms with Gasteiger partial charge in [0.1, 0.15) is 34.4 Å². The molecule has 0 unspecified atom stereocenters. The molecule has 10 nitrogen and oxygen atoms in total. The molecule has 0 bridgehead atoms. The SMILES string of the molecule is Cc1ccc(Br)nc1NC(=O)[C@@H]1C[C@@]2(C)C[C@H]2N1C(=O)Cn1nc(-c2ccco2)cc1C(N)=O. The molecule has 1 saturated carbocycles. The number of halogens is 1. The van der Waals surface area contributed by atoms with E-state index < -0.39 is 11.9 Å². The Morgan fingerprint density at radius 2 is 2.09 bits per heavy atom. The number of aryl methyl sites for hydroxylation is 1. The third-order valence-corrected chi connectivity index (χ3v) is 7.06. The molecule has 5 rings (SSSR count). The monoisotopic (exact) mass is 526 g/mol. The maximum Gasteiger partial charge on any atom is 0.267 e. The van der Waals surface area contributed by atoms with Crippen LogP contribution in [-0.2, 0) is 16.1 Å².